The van der Waals surface area contributed by atoms with Crippen LogP contribution in [0, 0.1) is 10.1 Å². The molecule has 0 atom stereocenters. The minimum Gasteiger partial charge on any atom is -0.425 e. The zero-order chi connectivity index (χ0) is 13.3. The van der Waals surface area contributed by atoms with Crippen LogP contribution in [-0.2, 0) is 4.79 Å². The van der Waals surface area contributed by atoms with Crippen LogP contribution in [0.1, 0.15) is 0 Å². The average molecular weight is 290 g/mol. The van der Waals surface area contributed by atoms with Gasteiger partial charge in [-0.3, -0.25) is 10.1 Å². The second-order valence-electron chi connectivity index (χ2n) is 3.26. The highest BCUT2D eigenvalue weighted by atomic mass is 35.5. The molecule has 0 saturated carbocycles. The monoisotopic (exact) mass is 289 g/mol. The number of nitrogens with zero attached hydrogens (tertiary/aromatic N) is 1. The van der Waals surface area contributed by atoms with Gasteiger partial charge in [-0.25, -0.2) is 4.79 Å². The number of furan rings is 1. The number of esters is 1. The number of alkyl halides is 2. The Bertz CT molecular complexity index is 622. The van der Waals surface area contributed by atoms with Crippen LogP contribution in [0.25, 0.3) is 11.0 Å². The summed E-state index contributed by atoms with van der Waals surface area (Å²) in [6.07, 6.45) is 0. The first-order valence-corrected chi connectivity index (χ1v) is 5.52. The maximum absolute atomic E-state index is 11.1. The SMILES string of the molecule is O=C(Oc1ccc2oc([N+](=O)[O-])cc2c1)C(Cl)Cl. The van der Waals surface area contributed by atoms with Gasteiger partial charge in [-0.05, 0) is 18.2 Å². The third-order valence-corrected chi connectivity index (χ3v) is 2.41. The van der Waals surface area contributed by atoms with Crippen molar-refractivity contribution in [2.75, 3.05) is 0 Å². The molecule has 0 radical (unpaired) electrons. The Labute approximate surface area is 110 Å². The van der Waals surface area contributed by atoms with Gasteiger partial charge in [-0.1, -0.05) is 23.2 Å². The molecular formula is C10H5Cl2NO5. The van der Waals surface area contributed by atoms with E-state index in [4.69, 9.17) is 32.4 Å². The van der Waals surface area contributed by atoms with E-state index in [1.165, 1.54) is 24.3 Å². The van der Waals surface area contributed by atoms with Gasteiger partial charge in [0.05, 0.1) is 6.07 Å². The van der Waals surface area contributed by atoms with E-state index in [1.807, 2.05) is 0 Å². The normalized spacial score (nSPS) is 10.8. The molecule has 6 nitrogen and oxygen atoms in total. The van der Waals surface area contributed by atoms with Crippen molar-refractivity contribution in [3.8, 4) is 5.75 Å². The van der Waals surface area contributed by atoms with E-state index in [0.29, 0.717) is 11.0 Å². The van der Waals surface area contributed by atoms with Crippen LogP contribution in [0.3, 0.4) is 0 Å². The van der Waals surface area contributed by atoms with E-state index in [9.17, 15) is 14.9 Å². The Morgan fingerprint density at radius 3 is 2.72 bits per heavy atom. The number of ether oxygens (including phenoxy) is 1. The Hall–Kier alpha value is -1.79. The molecule has 0 spiro atoms. The highest BCUT2D eigenvalue weighted by Gasteiger charge is 2.17. The summed E-state index contributed by atoms with van der Waals surface area (Å²) in [7, 11) is 0. The van der Waals surface area contributed by atoms with Crippen molar-refractivity contribution < 1.29 is 18.9 Å². The second kappa shape index (κ2) is 4.83. The first-order chi connectivity index (χ1) is 8.47. The van der Waals surface area contributed by atoms with E-state index >= 15 is 0 Å². The lowest BCUT2D eigenvalue weighted by Crippen LogP contribution is -2.15. The zero-order valence-corrected chi connectivity index (χ0v) is 10.1. The molecule has 8 heteroatoms. The van der Waals surface area contributed by atoms with Crippen LogP contribution < -0.4 is 4.74 Å². The van der Waals surface area contributed by atoms with Crippen molar-refractivity contribution in [3.63, 3.8) is 0 Å². The number of fused-ring (bicyclic) bond motifs is 1. The van der Waals surface area contributed by atoms with E-state index in [0.717, 1.165) is 0 Å². The number of carbonyl (C=O) groups excluding carboxylic acids is 1. The summed E-state index contributed by atoms with van der Waals surface area (Å²) in [5, 5.41) is 11.0. The maximum atomic E-state index is 11.1. The number of hydrogen-bond acceptors (Lipinski definition) is 5. The van der Waals surface area contributed by atoms with E-state index in [-0.39, 0.29) is 11.6 Å². The summed E-state index contributed by atoms with van der Waals surface area (Å²) in [6, 6.07) is 5.51. The van der Waals surface area contributed by atoms with Gasteiger partial charge in [0.15, 0.2) is 0 Å². The van der Waals surface area contributed by atoms with Gasteiger partial charge in [-0.15, -0.1) is 0 Å². The van der Waals surface area contributed by atoms with Crippen LogP contribution in [0.2, 0.25) is 0 Å². The Kier molecular flexibility index (Phi) is 3.40. The highest BCUT2D eigenvalue weighted by molar-refractivity contribution is 6.53. The van der Waals surface area contributed by atoms with Gasteiger partial charge < -0.3 is 9.15 Å². The molecule has 1 aromatic heterocycles. The summed E-state index contributed by atoms with van der Waals surface area (Å²) in [5.74, 6) is -1.04. The van der Waals surface area contributed by atoms with Crippen molar-refractivity contribution >= 4 is 46.0 Å². The van der Waals surface area contributed by atoms with E-state index < -0.39 is 15.7 Å². The van der Waals surface area contributed by atoms with Crippen LogP contribution in [0.4, 0.5) is 5.88 Å². The van der Waals surface area contributed by atoms with Crippen molar-refractivity contribution in [2.45, 2.75) is 4.84 Å². The largest absolute Gasteiger partial charge is 0.434 e. The molecule has 0 unspecified atom stereocenters. The molecule has 0 bridgehead atoms. The zero-order valence-electron chi connectivity index (χ0n) is 8.63. The lowest BCUT2D eigenvalue weighted by atomic mass is 10.2. The molecule has 0 N–H and O–H groups in total. The molecule has 0 saturated heterocycles. The Morgan fingerprint density at radius 2 is 2.11 bits per heavy atom. The predicted molar refractivity (Wildman–Crippen MR) is 64.0 cm³/mol. The first kappa shape index (κ1) is 12.7. The average Bonchev–Trinajstić information content (AvgIpc) is 2.71. The Morgan fingerprint density at radius 1 is 1.39 bits per heavy atom. The van der Waals surface area contributed by atoms with Crippen molar-refractivity contribution in [2.24, 2.45) is 0 Å². The number of hydrogen-bond donors (Lipinski definition) is 0. The number of nitro groups is 1. The summed E-state index contributed by atoms with van der Waals surface area (Å²) in [6.45, 7) is 0. The first-order valence-electron chi connectivity index (χ1n) is 4.65. The van der Waals surface area contributed by atoms with Crippen LogP contribution in [0.15, 0.2) is 28.7 Å². The summed E-state index contributed by atoms with van der Waals surface area (Å²) >= 11 is 10.7. The molecule has 1 aromatic carbocycles. The number of benzene rings is 1. The minimum absolute atomic E-state index is 0.175. The standard InChI is InChI=1S/C10H5Cl2NO5/c11-9(12)10(14)17-6-1-2-7-5(3-6)4-8(18-7)13(15)16/h1-4,9H. The summed E-state index contributed by atoms with van der Waals surface area (Å²) < 4.78 is 9.78. The van der Waals surface area contributed by atoms with Gasteiger partial charge in [0.2, 0.25) is 4.84 Å². The number of rotatable bonds is 3. The third-order valence-electron chi connectivity index (χ3n) is 2.05. The van der Waals surface area contributed by atoms with Crippen molar-refractivity contribution in [3.05, 3.63) is 34.4 Å². The summed E-state index contributed by atoms with van der Waals surface area (Å²) in [5.41, 5.74) is 0.315. The molecule has 2 aromatic rings. The number of carbonyl (C=O) groups is 1. The van der Waals surface area contributed by atoms with Gasteiger partial charge >= 0.3 is 11.9 Å². The molecule has 18 heavy (non-hydrogen) atoms. The van der Waals surface area contributed by atoms with Crippen molar-refractivity contribution in [1.29, 1.82) is 0 Å². The highest BCUT2D eigenvalue weighted by Crippen LogP contribution is 2.28. The fraction of sp³-hybridized carbons (Fsp3) is 0.100. The minimum atomic E-state index is -1.29. The molecule has 0 aliphatic carbocycles. The smallest absolute Gasteiger partial charge is 0.425 e. The molecule has 0 aliphatic heterocycles. The second-order valence-corrected chi connectivity index (χ2v) is 4.36. The lowest BCUT2D eigenvalue weighted by Gasteiger charge is -2.03. The van der Waals surface area contributed by atoms with Crippen LogP contribution in [-0.4, -0.2) is 15.7 Å². The molecule has 0 fully saturated rings. The van der Waals surface area contributed by atoms with Gasteiger partial charge in [0.1, 0.15) is 16.3 Å². The fourth-order valence-corrected chi connectivity index (χ4v) is 1.41. The fourth-order valence-electron chi connectivity index (χ4n) is 1.32. The molecule has 94 valence electrons. The third kappa shape index (κ3) is 2.55. The lowest BCUT2D eigenvalue weighted by molar-refractivity contribution is -0.401. The van der Waals surface area contributed by atoms with Gasteiger partial charge in [-0.2, -0.15) is 0 Å². The van der Waals surface area contributed by atoms with Crippen LogP contribution in [0.5, 0.6) is 5.75 Å². The predicted octanol–water partition coefficient (Wildman–Crippen LogP) is 3.05. The molecule has 0 amide bonds. The van der Waals surface area contributed by atoms with E-state index in [1.54, 1.807) is 0 Å². The van der Waals surface area contributed by atoms with Gasteiger partial charge in [0, 0.05) is 5.39 Å². The Balaban J connectivity index is 2.32. The van der Waals surface area contributed by atoms with Gasteiger partial charge in [0.25, 0.3) is 0 Å². The van der Waals surface area contributed by atoms with E-state index in [2.05, 4.69) is 0 Å². The molecular weight excluding hydrogens is 285 g/mol. The van der Waals surface area contributed by atoms with Crippen molar-refractivity contribution in [1.82, 2.24) is 0 Å². The molecule has 0 aliphatic rings. The summed E-state index contributed by atoms with van der Waals surface area (Å²) in [4.78, 5) is 19.7. The molecule has 2 rings (SSSR count). The number of halogens is 2. The molecule has 1 heterocycles. The topological polar surface area (TPSA) is 82.6 Å². The maximum Gasteiger partial charge on any atom is 0.434 e. The van der Waals surface area contributed by atoms with Crippen LogP contribution >= 0.6 is 23.2 Å². The quantitative estimate of drug-likeness (QED) is 0.285.